The average molecular weight is 329 g/mol. The molecular weight excluding hydrogens is 310 g/mol. The van der Waals surface area contributed by atoms with Crippen LogP contribution >= 0.6 is 0 Å². The lowest BCUT2D eigenvalue weighted by atomic mass is 10.2. The predicted octanol–water partition coefficient (Wildman–Crippen LogP) is 1.26. The first kappa shape index (κ1) is 16.2. The third-order valence-electron chi connectivity index (χ3n) is 3.75. The molecule has 0 radical (unpaired) electrons. The van der Waals surface area contributed by atoms with Gasteiger partial charge in [0.1, 0.15) is 18.1 Å². The Kier molecular flexibility index (Phi) is 5.22. The van der Waals surface area contributed by atoms with E-state index in [0.717, 1.165) is 30.8 Å². The fraction of sp³-hybridized carbons (Fsp3) is 0.353. The van der Waals surface area contributed by atoms with E-state index in [2.05, 4.69) is 15.5 Å². The molecule has 0 aliphatic carbocycles. The van der Waals surface area contributed by atoms with Crippen molar-refractivity contribution in [3.8, 4) is 5.75 Å². The molecule has 1 aromatic heterocycles. The van der Waals surface area contributed by atoms with Crippen LogP contribution in [0.4, 0.5) is 0 Å². The summed E-state index contributed by atoms with van der Waals surface area (Å²) in [6, 6.07) is 10.2. The van der Waals surface area contributed by atoms with E-state index in [-0.39, 0.29) is 23.3 Å². The maximum absolute atomic E-state index is 11.9. The van der Waals surface area contributed by atoms with Crippen molar-refractivity contribution in [3.05, 3.63) is 58.0 Å². The zero-order valence-corrected chi connectivity index (χ0v) is 13.2. The fourth-order valence-corrected chi connectivity index (χ4v) is 2.41. The lowest BCUT2D eigenvalue weighted by Crippen LogP contribution is -2.25. The van der Waals surface area contributed by atoms with E-state index in [1.165, 1.54) is 12.1 Å². The van der Waals surface area contributed by atoms with E-state index in [0.29, 0.717) is 13.2 Å². The van der Waals surface area contributed by atoms with E-state index >= 15 is 0 Å². The summed E-state index contributed by atoms with van der Waals surface area (Å²) in [7, 11) is 0. The molecule has 126 valence electrons. The van der Waals surface area contributed by atoms with Crippen LogP contribution in [0, 0.1) is 0 Å². The molecule has 2 N–H and O–H groups in total. The number of aromatic nitrogens is 2. The number of ether oxygens (including phenoxy) is 2. The number of H-pyrrole nitrogens is 1. The minimum absolute atomic E-state index is 0.172. The van der Waals surface area contributed by atoms with Crippen molar-refractivity contribution in [1.82, 2.24) is 15.5 Å². The van der Waals surface area contributed by atoms with Crippen molar-refractivity contribution in [1.29, 1.82) is 0 Å². The Bertz CT molecular complexity index is 716. The third kappa shape index (κ3) is 4.42. The first-order valence-electron chi connectivity index (χ1n) is 7.88. The Balaban J connectivity index is 1.47. The maximum atomic E-state index is 11.9. The summed E-state index contributed by atoms with van der Waals surface area (Å²) in [6.07, 6.45) is 2.33. The molecule has 1 aromatic carbocycles. The molecule has 1 amide bonds. The highest BCUT2D eigenvalue weighted by Gasteiger charge is 2.15. The minimum Gasteiger partial charge on any atom is -0.491 e. The van der Waals surface area contributed by atoms with Crippen molar-refractivity contribution in [2.24, 2.45) is 0 Å². The summed E-state index contributed by atoms with van der Waals surface area (Å²) in [5, 5.41) is 8.66. The van der Waals surface area contributed by atoms with Crippen LogP contribution in [-0.4, -0.2) is 35.4 Å². The fourth-order valence-electron chi connectivity index (χ4n) is 2.41. The molecule has 24 heavy (non-hydrogen) atoms. The molecule has 1 saturated heterocycles. The zero-order valence-electron chi connectivity index (χ0n) is 13.2. The van der Waals surface area contributed by atoms with Gasteiger partial charge in [0.15, 0.2) is 0 Å². The summed E-state index contributed by atoms with van der Waals surface area (Å²) in [5.41, 5.74) is 0.772. The normalized spacial score (nSPS) is 16.8. The molecular formula is C17H19N3O4. The van der Waals surface area contributed by atoms with Crippen molar-refractivity contribution in [2.75, 3.05) is 13.2 Å². The maximum Gasteiger partial charge on any atom is 0.271 e. The molecule has 7 heteroatoms. The molecule has 1 atom stereocenters. The molecule has 1 aliphatic heterocycles. The first-order valence-corrected chi connectivity index (χ1v) is 7.88. The highest BCUT2D eigenvalue weighted by Crippen LogP contribution is 2.16. The summed E-state index contributed by atoms with van der Waals surface area (Å²) < 4.78 is 11.2. The van der Waals surface area contributed by atoms with Crippen LogP contribution in [0.1, 0.15) is 28.9 Å². The highest BCUT2D eigenvalue weighted by molar-refractivity contribution is 5.91. The van der Waals surface area contributed by atoms with Gasteiger partial charge in [0.05, 0.1) is 6.10 Å². The van der Waals surface area contributed by atoms with E-state index in [1.54, 1.807) is 0 Å². The Morgan fingerprint density at radius 1 is 1.29 bits per heavy atom. The quantitative estimate of drug-likeness (QED) is 0.832. The van der Waals surface area contributed by atoms with Gasteiger partial charge < -0.3 is 14.8 Å². The van der Waals surface area contributed by atoms with Crippen LogP contribution in [0.5, 0.6) is 5.75 Å². The van der Waals surface area contributed by atoms with Gasteiger partial charge in [-0.25, -0.2) is 5.10 Å². The standard InChI is InChI=1S/C17H19N3O4/c21-16-8-7-15(19-20-16)17(22)18-10-12-3-5-13(6-4-12)24-11-14-2-1-9-23-14/h3-8,14H,1-2,9-11H2,(H,18,22)(H,20,21). The number of carbonyl (C=O) groups is 1. The number of nitrogens with one attached hydrogen (secondary N) is 2. The van der Waals surface area contributed by atoms with Gasteiger partial charge in [0.2, 0.25) is 0 Å². The van der Waals surface area contributed by atoms with E-state index < -0.39 is 0 Å². The number of aromatic amines is 1. The molecule has 0 saturated carbocycles. The molecule has 1 fully saturated rings. The van der Waals surface area contributed by atoms with Crippen LogP contribution in [-0.2, 0) is 11.3 Å². The van der Waals surface area contributed by atoms with E-state index in [1.807, 2.05) is 24.3 Å². The largest absolute Gasteiger partial charge is 0.491 e. The van der Waals surface area contributed by atoms with Gasteiger partial charge in [-0.15, -0.1) is 0 Å². The molecule has 7 nitrogen and oxygen atoms in total. The van der Waals surface area contributed by atoms with Gasteiger partial charge in [-0.2, -0.15) is 5.10 Å². The van der Waals surface area contributed by atoms with Gasteiger partial charge >= 0.3 is 0 Å². The number of rotatable bonds is 6. The van der Waals surface area contributed by atoms with Crippen LogP contribution in [0.25, 0.3) is 0 Å². The van der Waals surface area contributed by atoms with Crippen molar-refractivity contribution < 1.29 is 14.3 Å². The number of hydrogen-bond acceptors (Lipinski definition) is 5. The number of carbonyl (C=O) groups excluding carboxylic acids is 1. The average Bonchev–Trinajstić information content (AvgIpc) is 3.13. The number of nitrogens with zero attached hydrogens (tertiary/aromatic N) is 1. The van der Waals surface area contributed by atoms with Gasteiger partial charge in [-0.05, 0) is 36.6 Å². The SMILES string of the molecule is O=C(NCc1ccc(OCC2CCCO2)cc1)c1ccc(=O)[nH]n1. The number of hydrogen-bond donors (Lipinski definition) is 2. The number of amides is 1. The van der Waals surface area contributed by atoms with Crippen LogP contribution < -0.4 is 15.6 Å². The minimum atomic E-state index is -0.343. The molecule has 1 unspecified atom stereocenters. The van der Waals surface area contributed by atoms with Crippen molar-refractivity contribution >= 4 is 5.91 Å². The van der Waals surface area contributed by atoms with Gasteiger partial charge in [-0.1, -0.05) is 12.1 Å². The molecule has 2 heterocycles. The Morgan fingerprint density at radius 3 is 2.79 bits per heavy atom. The smallest absolute Gasteiger partial charge is 0.271 e. The van der Waals surface area contributed by atoms with Crippen LogP contribution in [0.15, 0.2) is 41.2 Å². The summed E-state index contributed by atoms with van der Waals surface area (Å²) in [6.45, 7) is 1.75. The Labute approximate surface area is 139 Å². The molecule has 1 aliphatic rings. The van der Waals surface area contributed by atoms with E-state index in [4.69, 9.17) is 9.47 Å². The van der Waals surface area contributed by atoms with Crippen LogP contribution in [0.3, 0.4) is 0 Å². The topological polar surface area (TPSA) is 93.3 Å². The summed E-state index contributed by atoms with van der Waals surface area (Å²) in [4.78, 5) is 22.8. The lowest BCUT2D eigenvalue weighted by molar-refractivity contribution is 0.0679. The number of benzene rings is 1. The van der Waals surface area contributed by atoms with E-state index in [9.17, 15) is 9.59 Å². The zero-order chi connectivity index (χ0) is 16.8. The first-order chi connectivity index (χ1) is 11.7. The van der Waals surface area contributed by atoms with Gasteiger partial charge in [0.25, 0.3) is 11.5 Å². The summed E-state index contributed by atoms with van der Waals surface area (Å²) in [5.74, 6) is 0.438. The van der Waals surface area contributed by atoms with Crippen LogP contribution in [0.2, 0.25) is 0 Å². The Morgan fingerprint density at radius 2 is 2.12 bits per heavy atom. The van der Waals surface area contributed by atoms with Gasteiger partial charge in [-0.3, -0.25) is 9.59 Å². The van der Waals surface area contributed by atoms with Gasteiger partial charge in [0, 0.05) is 19.2 Å². The second-order valence-corrected chi connectivity index (χ2v) is 5.58. The highest BCUT2D eigenvalue weighted by atomic mass is 16.5. The second-order valence-electron chi connectivity index (χ2n) is 5.58. The molecule has 2 aromatic rings. The van der Waals surface area contributed by atoms with Crippen molar-refractivity contribution in [2.45, 2.75) is 25.5 Å². The second kappa shape index (κ2) is 7.74. The summed E-state index contributed by atoms with van der Waals surface area (Å²) >= 11 is 0. The van der Waals surface area contributed by atoms with Crippen molar-refractivity contribution in [3.63, 3.8) is 0 Å². The molecule has 0 bridgehead atoms. The predicted molar refractivity (Wildman–Crippen MR) is 86.9 cm³/mol. The third-order valence-corrected chi connectivity index (χ3v) is 3.75. The monoisotopic (exact) mass is 329 g/mol. The Hall–Kier alpha value is -2.67. The lowest BCUT2D eigenvalue weighted by Gasteiger charge is -2.12. The molecule has 0 spiro atoms. The molecule has 3 rings (SSSR count).